The van der Waals surface area contributed by atoms with E-state index in [1.54, 1.807) is 0 Å². The highest BCUT2D eigenvalue weighted by molar-refractivity contribution is 9.10. The van der Waals surface area contributed by atoms with Gasteiger partial charge in [-0.15, -0.1) is 0 Å². The van der Waals surface area contributed by atoms with Crippen LogP contribution in [-0.4, -0.2) is 9.78 Å². The van der Waals surface area contributed by atoms with Crippen molar-refractivity contribution in [1.29, 1.82) is 0 Å². The van der Waals surface area contributed by atoms with Crippen LogP contribution in [-0.2, 0) is 6.54 Å². The highest BCUT2D eigenvalue weighted by Crippen LogP contribution is 2.31. The second kappa shape index (κ2) is 5.56. The minimum absolute atomic E-state index is 0.222. The van der Waals surface area contributed by atoms with E-state index >= 15 is 0 Å². The Kier molecular flexibility index (Phi) is 4.23. The monoisotopic (exact) mass is 349 g/mol. The standard InChI is InChI=1S/C12H11BrClF2N3/c1-2-19-12(7(14)5-18-19)11(17)10-8(15)3-6(13)4-9(10)16/h3-5,11H,2,17H2,1H3. The molecular formula is C12H11BrClF2N3. The van der Waals surface area contributed by atoms with Crippen molar-refractivity contribution in [1.82, 2.24) is 9.78 Å². The summed E-state index contributed by atoms with van der Waals surface area (Å²) in [7, 11) is 0. The number of benzene rings is 1. The summed E-state index contributed by atoms with van der Waals surface area (Å²) in [5.41, 5.74) is 6.12. The third-order valence-electron chi connectivity index (χ3n) is 2.78. The first-order valence-corrected chi connectivity index (χ1v) is 6.74. The third-order valence-corrected chi connectivity index (χ3v) is 3.53. The Labute approximate surface area is 122 Å². The number of aryl methyl sites for hydroxylation is 1. The van der Waals surface area contributed by atoms with Gasteiger partial charge in [-0.1, -0.05) is 27.5 Å². The quantitative estimate of drug-likeness (QED) is 0.918. The molecule has 7 heteroatoms. The largest absolute Gasteiger partial charge is 0.319 e. The molecule has 0 aliphatic rings. The van der Waals surface area contributed by atoms with Crippen molar-refractivity contribution in [3.63, 3.8) is 0 Å². The topological polar surface area (TPSA) is 43.8 Å². The number of aromatic nitrogens is 2. The van der Waals surface area contributed by atoms with Gasteiger partial charge in [-0.25, -0.2) is 8.78 Å². The van der Waals surface area contributed by atoms with Gasteiger partial charge in [-0.3, -0.25) is 4.68 Å². The molecule has 0 bridgehead atoms. The van der Waals surface area contributed by atoms with Gasteiger partial charge < -0.3 is 5.73 Å². The Hall–Kier alpha value is -0.980. The van der Waals surface area contributed by atoms with Crippen LogP contribution in [0.1, 0.15) is 24.2 Å². The zero-order valence-electron chi connectivity index (χ0n) is 10.0. The van der Waals surface area contributed by atoms with Gasteiger partial charge in [0.15, 0.2) is 0 Å². The molecule has 1 aromatic carbocycles. The SMILES string of the molecule is CCn1ncc(Cl)c1C(N)c1c(F)cc(Br)cc1F. The molecule has 0 radical (unpaired) electrons. The van der Waals surface area contributed by atoms with Crippen molar-refractivity contribution in [3.05, 3.63) is 50.7 Å². The summed E-state index contributed by atoms with van der Waals surface area (Å²) in [5, 5.41) is 4.30. The van der Waals surface area contributed by atoms with Crippen molar-refractivity contribution < 1.29 is 8.78 Å². The molecule has 0 amide bonds. The first-order valence-electron chi connectivity index (χ1n) is 5.57. The zero-order chi connectivity index (χ0) is 14.2. The molecule has 1 heterocycles. The average molecular weight is 351 g/mol. The van der Waals surface area contributed by atoms with E-state index in [0.29, 0.717) is 16.7 Å². The lowest BCUT2D eigenvalue weighted by Crippen LogP contribution is -2.20. The molecule has 1 atom stereocenters. The van der Waals surface area contributed by atoms with Gasteiger partial charge in [0.05, 0.1) is 23.0 Å². The minimum atomic E-state index is -1.01. The number of hydrogen-bond acceptors (Lipinski definition) is 2. The van der Waals surface area contributed by atoms with Gasteiger partial charge >= 0.3 is 0 Å². The van der Waals surface area contributed by atoms with Gasteiger partial charge in [-0.05, 0) is 19.1 Å². The van der Waals surface area contributed by atoms with Crippen LogP contribution in [0.15, 0.2) is 22.8 Å². The Balaban J connectivity index is 2.56. The molecule has 2 N–H and O–H groups in total. The first-order chi connectivity index (χ1) is 8.95. The molecule has 2 rings (SSSR count). The highest BCUT2D eigenvalue weighted by atomic mass is 79.9. The molecule has 19 heavy (non-hydrogen) atoms. The zero-order valence-corrected chi connectivity index (χ0v) is 12.3. The molecule has 0 aliphatic carbocycles. The van der Waals surface area contributed by atoms with Crippen molar-refractivity contribution in [3.8, 4) is 0 Å². The van der Waals surface area contributed by atoms with Crippen molar-refractivity contribution in [2.75, 3.05) is 0 Å². The van der Waals surface area contributed by atoms with E-state index < -0.39 is 17.7 Å². The third kappa shape index (κ3) is 2.66. The van der Waals surface area contributed by atoms with Gasteiger partial charge in [0.25, 0.3) is 0 Å². The van der Waals surface area contributed by atoms with E-state index in [1.807, 2.05) is 6.92 Å². The second-order valence-corrected chi connectivity index (χ2v) is 5.28. The van der Waals surface area contributed by atoms with Crippen LogP contribution in [0.25, 0.3) is 0 Å². The molecule has 2 aromatic rings. The van der Waals surface area contributed by atoms with Crippen LogP contribution in [0.2, 0.25) is 5.02 Å². The summed E-state index contributed by atoms with van der Waals surface area (Å²) in [6.45, 7) is 2.35. The van der Waals surface area contributed by atoms with Crippen LogP contribution in [0.5, 0.6) is 0 Å². The van der Waals surface area contributed by atoms with Gasteiger partial charge in [-0.2, -0.15) is 5.10 Å². The maximum Gasteiger partial charge on any atom is 0.132 e. The fourth-order valence-corrected chi connectivity index (χ4v) is 2.58. The predicted molar refractivity (Wildman–Crippen MR) is 73.0 cm³/mol. The summed E-state index contributed by atoms with van der Waals surface area (Å²) in [6, 6.07) is 1.32. The summed E-state index contributed by atoms with van der Waals surface area (Å²) in [4.78, 5) is 0. The van der Waals surface area contributed by atoms with Crippen LogP contribution < -0.4 is 5.73 Å². The lowest BCUT2D eigenvalue weighted by Gasteiger charge is -2.16. The Morgan fingerprint density at radius 1 is 1.42 bits per heavy atom. The minimum Gasteiger partial charge on any atom is -0.319 e. The van der Waals surface area contributed by atoms with E-state index in [1.165, 1.54) is 23.0 Å². The predicted octanol–water partition coefficient (Wildman–Crippen LogP) is 3.65. The normalized spacial score (nSPS) is 12.7. The maximum atomic E-state index is 13.9. The molecule has 0 saturated heterocycles. The number of rotatable bonds is 3. The highest BCUT2D eigenvalue weighted by Gasteiger charge is 2.24. The average Bonchev–Trinajstić information content (AvgIpc) is 2.68. The van der Waals surface area contributed by atoms with E-state index in [9.17, 15) is 8.78 Å². The Morgan fingerprint density at radius 2 is 2.00 bits per heavy atom. The molecule has 102 valence electrons. The van der Waals surface area contributed by atoms with Crippen molar-refractivity contribution in [2.45, 2.75) is 19.5 Å². The summed E-state index contributed by atoms with van der Waals surface area (Å²) >= 11 is 9.01. The smallest absolute Gasteiger partial charge is 0.132 e. The van der Waals surface area contributed by atoms with Crippen LogP contribution >= 0.6 is 27.5 Å². The maximum absolute atomic E-state index is 13.9. The van der Waals surface area contributed by atoms with Gasteiger partial charge in [0.1, 0.15) is 11.6 Å². The first kappa shape index (κ1) is 14.4. The second-order valence-electron chi connectivity index (χ2n) is 3.95. The summed E-state index contributed by atoms with van der Waals surface area (Å²) in [5.74, 6) is -1.45. The molecular weight excluding hydrogens is 340 g/mol. The number of hydrogen-bond donors (Lipinski definition) is 1. The molecule has 3 nitrogen and oxygen atoms in total. The van der Waals surface area contributed by atoms with Crippen LogP contribution in [0.3, 0.4) is 0 Å². The van der Waals surface area contributed by atoms with Gasteiger partial charge in [0.2, 0.25) is 0 Å². The lowest BCUT2D eigenvalue weighted by atomic mass is 10.0. The van der Waals surface area contributed by atoms with Crippen molar-refractivity contribution in [2.24, 2.45) is 5.73 Å². The summed E-state index contributed by atoms with van der Waals surface area (Å²) in [6.07, 6.45) is 1.41. The number of nitrogens with zero attached hydrogens (tertiary/aromatic N) is 2. The van der Waals surface area contributed by atoms with Crippen LogP contribution in [0.4, 0.5) is 8.78 Å². The lowest BCUT2D eigenvalue weighted by molar-refractivity contribution is 0.524. The summed E-state index contributed by atoms with van der Waals surface area (Å²) < 4.78 is 29.6. The van der Waals surface area contributed by atoms with Crippen molar-refractivity contribution >= 4 is 27.5 Å². The molecule has 0 aliphatic heterocycles. The van der Waals surface area contributed by atoms with E-state index in [0.717, 1.165) is 0 Å². The van der Waals surface area contributed by atoms with E-state index in [4.69, 9.17) is 17.3 Å². The molecule has 0 spiro atoms. The molecule has 1 aromatic heterocycles. The molecule has 1 unspecified atom stereocenters. The van der Waals surface area contributed by atoms with Crippen LogP contribution in [0, 0.1) is 11.6 Å². The number of nitrogens with two attached hydrogens (primary N) is 1. The van der Waals surface area contributed by atoms with Gasteiger partial charge in [0, 0.05) is 16.6 Å². The number of halogens is 4. The Morgan fingerprint density at radius 3 is 2.53 bits per heavy atom. The Bertz CT molecular complexity index is 592. The van der Waals surface area contributed by atoms with E-state index in [-0.39, 0.29) is 10.6 Å². The van der Waals surface area contributed by atoms with E-state index in [2.05, 4.69) is 21.0 Å². The fraction of sp³-hybridized carbons (Fsp3) is 0.250. The fourth-order valence-electron chi connectivity index (χ4n) is 1.92. The molecule has 0 fully saturated rings. The molecule has 0 saturated carbocycles.